The molecule has 0 saturated carbocycles. The molecule has 1 heterocycles. The average molecular weight is 330 g/mol. The quantitative estimate of drug-likeness (QED) is 0.593. The SMILES string of the molecule is FC(F)c1cc(C(F)(F)F)c(OC(F)(F)F)nc1CCl. The molecule has 0 aliphatic carbocycles. The number of rotatable bonds is 3. The van der Waals surface area contributed by atoms with Crippen molar-refractivity contribution in [3.8, 4) is 5.88 Å². The van der Waals surface area contributed by atoms with Gasteiger partial charge in [-0.25, -0.2) is 13.8 Å². The lowest BCUT2D eigenvalue weighted by atomic mass is 10.1. The Balaban J connectivity index is 3.48. The molecule has 11 heteroatoms. The first kappa shape index (κ1) is 16.7. The van der Waals surface area contributed by atoms with Crippen molar-refractivity contribution in [2.75, 3.05) is 0 Å². The van der Waals surface area contributed by atoms with Crippen LogP contribution in [-0.4, -0.2) is 11.3 Å². The van der Waals surface area contributed by atoms with Crippen LogP contribution in [0.2, 0.25) is 0 Å². The average Bonchev–Trinajstić information content (AvgIpc) is 2.24. The highest BCUT2D eigenvalue weighted by atomic mass is 35.5. The molecule has 0 amide bonds. The van der Waals surface area contributed by atoms with Crippen molar-refractivity contribution >= 4 is 11.6 Å². The normalized spacial score (nSPS) is 12.9. The Hall–Kier alpha value is -1.32. The van der Waals surface area contributed by atoms with Gasteiger partial charge in [-0.1, -0.05) is 0 Å². The van der Waals surface area contributed by atoms with Crippen molar-refractivity contribution in [1.29, 1.82) is 0 Å². The van der Waals surface area contributed by atoms with Gasteiger partial charge in [0.05, 0.1) is 11.6 Å². The summed E-state index contributed by atoms with van der Waals surface area (Å²) >= 11 is 5.17. The summed E-state index contributed by atoms with van der Waals surface area (Å²) in [6.07, 6.45) is -14.2. The van der Waals surface area contributed by atoms with Gasteiger partial charge in [-0.2, -0.15) is 13.2 Å². The van der Waals surface area contributed by atoms with Crippen molar-refractivity contribution in [1.82, 2.24) is 4.98 Å². The fraction of sp³-hybridized carbons (Fsp3) is 0.444. The summed E-state index contributed by atoms with van der Waals surface area (Å²) in [4.78, 5) is 2.79. The summed E-state index contributed by atoms with van der Waals surface area (Å²) < 4.78 is 102. The Morgan fingerprint density at radius 1 is 1.15 bits per heavy atom. The van der Waals surface area contributed by atoms with Gasteiger partial charge in [-0.15, -0.1) is 24.8 Å². The molecular weight excluding hydrogens is 326 g/mol. The fourth-order valence-electron chi connectivity index (χ4n) is 1.23. The number of nitrogens with zero attached hydrogens (tertiary/aromatic N) is 1. The zero-order valence-corrected chi connectivity index (χ0v) is 9.87. The van der Waals surface area contributed by atoms with Crippen LogP contribution in [0.1, 0.15) is 23.2 Å². The summed E-state index contributed by atoms with van der Waals surface area (Å²) in [5.41, 5.74) is -4.09. The Morgan fingerprint density at radius 2 is 1.70 bits per heavy atom. The Labute approximate surface area is 111 Å². The molecule has 0 atom stereocenters. The van der Waals surface area contributed by atoms with Crippen molar-refractivity contribution in [2.24, 2.45) is 0 Å². The molecule has 2 nitrogen and oxygen atoms in total. The van der Waals surface area contributed by atoms with Gasteiger partial charge in [0.15, 0.2) is 0 Å². The maximum Gasteiger partial charge on any atom is 0.574 e. The molecule has 1 aromatic heterocycles. The largest absolute Gasteiger partial charge is 0.574 e. The summed E-state index contributed by atoms with van der Waals surface area (Å²) in [5.74, 6) is -2.67. The van der Waals surface area contributed by atoms with E-state index in [0.717, 1.165) is 0 Å². The molecule has 0 aliphatic heterocycles. The van der Waals surface area contributed by atoms with Gasteiger partial charge < -0.3 is 4.74 Å². The number of hydrogen-bond donors (Lipinski definition) is 0. The molecule has 0 spiro atoms. The van der Waals surface area contributed by atoms with E-state index in [1.165, 1.54) is 0 Å². The molecule has 0 bridgehead atoms. The van der Waals surface area contributed by atoms with Crippen LogP contribution in [0.3, 0.4) is 0 Å². The molecule has 0 aliphatic rings. The van der Waals surface area contributed by atoms with Crippen LogP contribution in [0.25, 0.3) is 0 Å². The number of halogens is 9. The molecule has 0 N–H and O–H groups in total. The van der Waals surface area contributed by atoms with Gasteiger partial charge in [0, 0.05) is 5.56 Å². The van der Waals surface area contributed by atoms with Crippen molar-refractivity contribution < 1.29 is 39.9 Å². The highest BCUT2D eigenvalue weighted by Gasteiger charge is 2.41. The van der Waals surface area contributed by atoms with E-state index in [-0.39, 0.29) is 6.07 Å². The monoisotopic (exact) mass is 329 g/mol. The highest BCUT2D eigenvalue weighted by molar-refractivity contribution is 6.17. The minimum absolute atomic E-state index is 0.156. The molecule has 20 heavy (non-hydrogen) atoms. The number of pyridine rings is 1. The first-order valence-electron chi connectivity index (χ1n) is 4.66. The maximum atomic E-state index is 12.5. The third kappa shape index (κ3) is 4.09. The van der Waals surface area contributed by atoms with E-state index in [1.54, 1.807) is 0 Å². The van der Waals surface area contributed by atoms with Crippen molar-refractivity contribution in [3.63, 3.8) is 0 Å². The number of ether oxygens (including phenoxy) is 1. The molecule has 1 aromatic rings. The standard InChI is InChI=1S/C9H4ClF8NO/c10-2-5-3(6(11)12)1-4(8(13,14)15)7(19-5)20-9(16,17)18/h1,6H,2H2. The molecule has 0 aromatic carbocycles. The molecule has 114 valence electrons. The minimum Gasteiger partial charge on any atom is -0.387 e. The maximum absolute atomic E-state index is 12.5. The van der Waals surface area contributed by atoms with E-state index < -0.39 is 47.5 Å². The van der Waals surface area contributed by atoms with E-state index in [9.17, 15) is 35.1 Å². The van der Waals surface area contributed by atoms with Crippen LogP contribution < -0.4 is 4.74 Å². The Morgan fingerprint density at radius 3 is 2.05 bits per heavy atom. The van der Waals surface area contributed by atoms with Gasteiger partial charge in [-0.05, 0) is 6.07 Å². The summed E-state index contributed by atoms with van der Waals surface area (Å²) in [6.45, 7) is 0. The summed E-state index contributed by atoms with van der Waals surface area (Å²) in [6, 6.07) is -0.156. The van der Waals surface area contributed by atoms with Crippen LogP contribution >= 0.6 is 11.6 Å². The van der Waals surface area contributed by atoms with E-state index in [2.05, 4.69) is 9.72 Å². The lowest BCUT2D eigenvalue weighted by molar-refractivity contribution is -0.277. The van der Waals surface area contributed by atoms with Gasteiger partial charge in [-0.3, -0.25) is 0 Å². The van der Waals surface area contributed by atoms with Gasteiger partial charge >= 0.3 is 12.5 Å². The minimum atomic E-state index is -5.46. The number of aromatic nitrogens is 1. The van der Waals surface area contributed by atoms with E-state index >= 15 is 0 Å². The van der Waals surface area contributed by atoms with Crippen molar-refractivity contribution in [2.45, 2.75) is 24.8 Å². The van der Waals surface area contributed by atoms with Crippen LogP contribution in [0, 0.1) is 0 Å². The fourth-order valence-corrected chi connectivity index (χ4v) is 1.45. The van der Waals surface area contributed by atoms with E-state index in [1.807, 2.05) is 0 Å². The second-order valence-corrected chi connectivity index (χ2v) is 3.62. The smallest absolute Gasteiger partial charge is 0.387 e. The second-order valence-electron chi connectivity index (χ2n) is 3.36. The van der Waals surface area contributed by atoms with Gasteiger partial charge in [0.1, 0.15) is 5.56 Å². The van der Waals surface area contributed by atoms with Crippen LogP contribution in [0.15, 0.2) is 6.07 Å². The van der Waals surface area contributed by atoms with E-state index in [4.69, 9.17) is 11.6 Å². The molecule has 0 fully saturated rings. The lowest BCUT2D eigenvalue weighted by Gasteiger charge is -2.17. The van der Waals surface area contributed by atoms with E-state index in [0.29, 0.717) is 0 Å². The molecule has 0 unspecified atom stereocenters. The number of hydrogen-bond acceptors (Lipinski definition) is 2. The molecular formula is C9H4ClF8NO. The summed E-state index contributed by atoms with van der Waals surface area (Å²) in [7, 11) is 0. The first-order valence-corrected chi connectivity index (χ1v) is 5.20. The molecule has 0 radical (unpaired) electrons. The highest BCUT2D eigenvalue weighted by Crippen LogP contribution is 2.40. The topological polar surface area (TPSA) is 22.1 Å². The first-order chi connectivity index (χ1) is 8.95. The van der Waals surface area contributed by atoms with Crippen molar-refractivity contribution in [3.05, 3.63) is 22.9 Å². The summed E-state index contributed by atoms with van der Waals surface area (Å²) in [5, 5.41) is 0. The predicted molar refractivity (Wildman–Crippen MR) is 50.4 cm³/mol. The van der Waals surface area contributed by atoms with Crippen LogP contribution in [0.4, 0.5) is 35.1 Å². The third-order valence-electron chi connectivity index (χ3n) is 1.98. The van der Waals surface area contributed by atoms with Gasteiger partial charge in [0.25, 0.3) is 6.43 Å². The van der Waals surface area contributed by atoms with Crippen LogP contribution in [0.5, 0.6) is 5.88 Å². The number of alkyl halides is 9. The molecule has 1 rings (SSSR count). The predicted octanol–water partition coefficient (Wildman–Crippen LogP) is 4.68. The molecule has 0 saturated heterocycles. The lowest BCUT2D eigenvalue weighted by Crippen LogP contribution is -2.22. The van der Waals surface area contributed by atoms with Crippen LogP contribution in [-0.2, 0) is 12.1 Å². The Kier molecular flexibility index (Phi) is 4.67. The van der Waals surface area contributed by atoms with Gasteiger partial charge in [0.2, 0.25) is 5.88 Å². The zero-order valence-electron chi connectivity index (χ0n) is 9.12. The Bertz CT molecular complexity index is 484. The zero-order chi connectivity index (χ0) is 15.7. The second kappa shape index (κ2) is 5.58. The third-order valence-corrected chi connectivity index (χ3v) is 2.23.